The molecule has 2 fully saturated rings. The summed E-state index contributed by atoms with van der Waals surface area (Å²) in [6.45, 7) is 11.1. The maximum Gasteiger partial charge on any atom is 0.306 e. The molecule has 2 heterocycles. The summed E-state index contributed by atoms with van der Waals surface area (Å²) in [6, 6.07) is 0. The predicted octanol–water partition coefficient (Wildman–Crippen LogP) is 4.06. The van der Waals surface area contributed by atoms with Crippen molar-refractivity contribution in [2.24, 2.45) is 0 Å². The second-order valence-electron chi connectivity index (χ2n) is 14.1. The smallest absolute Gasteiger partial charge is 0.306 e. The molecule has 332 valence electrons. The van der Waals surface area contributed by atoms with Gasteiger partial charge in [-0.05, 0) is 44.9 Å². The minimum absolute atomic E-state index is 0.0372. The molecular formula is C40H64O18. The van der Waals surface area contributed by atoms with Crippen molar-refractivity contribution in [1.29, 1.82) is 0 Å². The van der Waals surface area contributed by atoms with Crippen LogP contribution in [0.15, 0.2) is 0 Å². The molecule has 0 aliphatic carbocycles. The molecule has 2 aliphatic rings. The number of ether oxygens (including phenoxy) is 10. The van der Waals surface area contributed by atoms with Gasteiger partial charge in [0.2, 0.25) is 0 Å². The molecule has 0 amide bonds. The number of rotatable bonds is 25. The monoisotopic (exact) mass is 832 g/mol. The van der Waals surface area contributed by atoms with Crippen molar-refractivity contribution in [3.63, 3.8) is 0 Å². The summed E-state index contributed by atoms with van der Waals surface area (Å²) >= 11 is 0. The summed E-state index contributed by atoms with van der Waals surface area (Å²) < 4.78 is 58.7. The summed E-state index contributed by atoms with van der Waals surface area (Å²) in [5.74, 6) is -4.98. The fraction of sp³-hybridized carbons (Fsp3) is 0.825. The first-order chi connectivity index (χ1) is 27.8. The van der Waals surface area contributed by atoms with E-state index in [9.17, 15) is 38.7 Å². The lowest BCUT2D eigenvalue weighted by Crippen LogP contribution is -2.67. The van der Waals surface area contributed by atoms with Crippen LogP contribution in [0.5, 0.6) is 0 Å². The van der Waals surface area contributed by atoms with Crippen molar-refractivity contribution in [2.45, 2.75) is 200 Å². The fourth-order valence-corrected chi connectivity index (χ4v) is 6.11. The van der Waals surface area contributed by atoms with Gasteiger partial charge in [0.05, 0.1) is 0 Å². The zero-order valence-corrected chi connectivity index (χ0v) is 35.0. The molecule has 2 saturated heterocycles. The van der Waals surface area contributed by atoms with E-state index in [1.807, 2.05) is 0 Å². The van der Waals surface area contributed by atoms with E-state index in [1.165, 1.54) is 0 Å². The first kappa shape index (κ1) is 50.3. The third kappa shape index (κ3) is 16.4. The maximum atomic E-state index is 13.3. The molecule has 0 saturated carbocycles. The first-order valence-corrected chi connectivity index (χ1v) is 20.7. The Morgan fingerprint density at radius 1 is 0.397 bits per heavy atom. The van der Waals surface area contributed by atoms with Gasteiger partial charge in [-0.15, -0.1) is 0 Å². The van der Waals surface area contributed by atoms with Crippen molar-refractivity contribution in [3.8, 4) is 0 Å². The molecule has 0 aromatic heterocycles. The third-order valence-electron chi connectivity index (χ3n) is 8.83. The molecule has 0 aromatic carbocycles. The highest BCUT2D eigenvalue weighted by atomic mass is 16.8. The van der Waals surface area contributed by atoms with Crippen LogP contribution in [0.1, 0.15) is 138 Å². The van der Waals surface area contributed by atoms with Gasteiger partial charge in [-0.3, -0.25) is 33.6 Å². The number of carbonyl (C=O) groups is 7. The van der Waals surface area contributed by atoms with Gasteiger partial charge in [0, 0.05) is 44.9 Å². The standard InChI is InChI=1S/C40H64O18/c1-8-15-26(41)49-22-24-34(35(54-29(44)18-11-4)37(39(48)51-24)56-31(46)20-13-6)58-40-38(57-32(47)21-14-7)36(55-30(45)19-12-5)33(53-28(43)17-10-3)25(52-40)23-50-27(42)16-9-2/h24-25,33-40,48H,8-23H2,1-7H3/t24-,25-,33+,34-,35+,36+,37-,38-,39?,40+/m1/s1. The van der Waals surface area contributed by atoms with E-state index in [0.29, 0.717) is 44.9 Å². The summed E-state index contributed by atoms with van der Waals surface area (Å²) in [5, 5.41) is 11.2. The number of hydrogen-bond acceptors (Lipinski definition) is 18. The minimum Gasteiger partial charge on any atom is -0.463 e. The summed E-state index contributed by atoms with van der Waals surface area (Å²) in [5.41, 5.74) is 0. The molecule has 0 radical (unpaired) electrons. The van der Waals surface area contributed by atoms with E-state index in [2.05, 4.69) is 0 Å². The minimum atomic E-state index is -1.91. The number of aliphatic hydroxyl groups excluding tert-OH is 1. The average molecular weight is 833 g/mol. The second-order valence-corrected chi connectivity index (χ2v) is 14.1. The fourth-order valence-electron chi connectivity index (χ4n) is 6.11. The van der Waals surface area contributed by atoms with Crippen LogP contribution in [-0.2, 0) is 80.9 Å². The van der Waals surface area contributed by atoms with Crippen molar-refractivity contribution >= 4 is 41.8 Å². The number of hydrogen-bond donors (Lipinski definition) is 1. The topological polar surface area (TPSA) is 232 Å². The van der Waals surface area contributed by atoms with Crippen LogP contribution in [0.4, 0.5) is 0 Å². The summed E-state index contributed by atoms with van der Waals surface area (Å²) in [6.07, 6.45) is -13.8. The molecule has 10 atom stereocenters. The Morgan fingerprint density at radius 2 is 0.707 bits per heavy atom. The van der Waals surface area contributed by atoms with Crippen LogP contribution in [0.25, 0.3) is 0 Å². The van der Waals surface area contributed by atoms with Crippen molar-refractivity contribution in [1.82, 2.24) is 0 Å². The van der Waals surface area contributed by atoms with E-state index in [1.54, 1.807) is 48.5 Å². The largest absolute Gasteiger partial charge is 0.463 e. The van der Waals surface area contributed by atoms with E-state index >= 15 is 0 Å². The molecule has 58 heavy (non-hydrogen) atoms. The van der Waals surface area contributed by atoms with Gasteiger partial charge >= 0.3 is 41.8 Å². The van der Waals surface area contributed by atoms with Gasteiger partial charge < -0.3 is 52.5 Å². The maximum absolute atomic E-state index is 13.3. The predicted molar refractivity (Wildman–Crippen MR) is 200 cm³/mol. The molecule has 0 aromatic rings. The highest BCUT2D eigenvalue weighted by molar-refractivity contribution is 5.73. The highest BCUT2D eigenvalue weighted by Crippen LogP contribution is 2.35. The summed E-state index contributed by atoms with van der Waals surface area (Å²) in [7, 11) is 0. The van der Waals surface area contributed by atoms with Crippen LogP contribution in [0.2, 0.25) is 0 Å². The lowest BCUT2D eigenvalue weighted by atomic mass is 9.95. The Balaban J connectivity index is 2.85. The Bertz CT molecular complexity index is 1320. The zero-order valence-electron chi connectivity index (χ0n) is 35.0. The molecule has 0 spiro atoms. The van der Waals surface area contributed by atoms with Crippen LogP contribution in [0, 0.1) is 0 Å². The van der Waals surface area contributed by atoms with Gasteiger partial charge in [-0.1, -0.05) is 48.5 Å². The number of carbonyl (C=O) groups excluding carboxylic acids is 7. The molecule has 2 aliphatic heterocycles. The van der Waals surface area contributed by atoms with Crippen molar-refractivity contribution < 1.29 is 86.0 Å². The van der Waals surface area contributed by atoms with Crippen LogP contribution < -0.4 is 0 Å². The Hall–Kier alpha value is -3.87. The van der Waals surface area contributed by atoms with Crippen molar-refractivity contribution in [3.05, 3.63) is 0 Å². The number of aliphatic hydroxyl groups is 1. The number of esters is 7. The molecule has 18 nitrogen and oxygen atoms in total. The van der Waals surface area contributed by atoms with E-state index in [0.717, 1.165) is 0 Å². The molecule has 2 rings (SSSR count). The lowest BCUT2D eigenvalue weighted by Gasteiger charge is -2.48. The molecule has 0 bridgehead atoms. The summed E-state index contributed by atoms with van der Waals surface area (Å²) in [4.78, 5) is 90.8. The SMILES string of the molecule is CCCC(=O)OC[C@H]1O[C@@H](O[C@H]2[C@H](OC(=O)CCC)[C@@H](OC(=O)CCC)C(O)O[C@@H]2COC(=O)CCC)[C@H](OC(=O)CCC)[C@@H](OC(=O)CCC)[C@H]1OC(=O)CCC. The Labute approximate surface area is 340 Å². The first-order valence-electron chi connectivity index (χ1n) is 20.7. The second kappa shape index (κ2) is 27.0. The molecular weight excluding hydrogens is 768 g/mol. The van der Waals surface area contributed by atoms with E-state index in [-0.39, 0.29) is 44.9 Å². The lowest BCUT2D eigenvalue weighted by molar-refractivity contribution is -0.357. The molecule has 18 heteroatoms. The average Bonchev–Trinajstić information content (AvgIpc) is 3.15. The Morgan fingerprint density at radius 3 is 1.10 bits per heavy atom. The quantitative estimate of drug-likeness (QED) is 0.101. The van der Waals surface area contributed by atoms with Gasteiger partial charge in [-0.25, -0.2) is 0 Å². The van der Waals surface area contributed by atoms with E-state index in [4.69, 9.17) is 47.4 Å². The highest BCUT2D eigenvalue weighted by Gasteiger charge is 2.57. The van der Waals surface area contributed by atoms with Crippen LogP contribution in [-0.4, -0.2) is 122 Å². The van der Waals surface area contributed by atoms with Gasteiger partial charge in [0.25, 0.3) is 0 Å². The molecule has 1 unspecified atom stereocenters. The van der Waals surface area contributed by atoms with E-state index < -0.39 is 116 Å². The van der Waals surface area contributed by atoms with Gasteiger partial charge in [-0.2, -0.15) is 0 Å². The zero-order chi connectivity index (χ0) is 43.2. The normalized spacial score (nSPS) is 26.8. The van der Waals surface area contributed by atoms with Gasteiger partial charge in [0.1, 0.15) is 31.5 Å². The van der Waals surface area contributed by atoms with Crippen LogP contribution >= 0.6 is 0 Å². The Kier molecular flexibility index (Phi) is 23.4. The molecule has 1 N–H and O–H groups in total. The third-order valence-corrected chi connectivity index (χ3v) is 8.83. The van der Waals surface area contributed by atoms with Crippen LogP contribution in [0.3, 0.4) is 0 Å². The van der Waals surface area contributed by atoms with Crippen molar-refractivity contribution in [2.75, 3.05) is 13.2 Å². The van der Waals surface area contributed by atoms with Gasteiger partial charge in [0.15, 0.2) is 43.1 Å².